The quantitative estimate of drug-likeness (QED) is 0.830. The summed E-state index contributed by atoms with van der Waals surface area (Å²) >= 11 is 0. The smallest absolute Gasteiger partial charge is 0.197 e. The van der Waals surface area contributed by atoms with Gasteiger partial charge in [0, 0.05) is 12.5 Å². The molecule has 2 heterocycles. The van der Waals surface area contributed by atoms with Gasteiger partial charge in [-0.2, -0.15) is 0 Å². The molecule has 1 saturated heterocycles. The molecule has 4 heteroatoms. The second-order valence-electron chi connectivity index (χ2n) is 4.70. The summed E-state index contributed by atoms with van der Waals surface area (Å²) in [6, 6.07) is 0.214. The average molecular weight is 222 g/mol. The van der Waals surface area contributed by atoms with Crippen molar-refractivity contribution in [2.24, 2.45) is 0 Å². The predicted octanol–water partition coefficient (Wildman–Crippen LogP) is 1.91. The van der Waals surface area contributed by atoms with Crippen molar-refractivity contribution in [1.29, 1.82) is 0 Å². The third-order valence-corrected chi connectivity index (χ3v) is 3.56. The van der Waals surface area contributed by atoms with E-state index in [1.54, 1.807) is 0 Å². The zero-order chi connectivity index (χ0) is 11.0. The largest absolute Gasteiger partial charge is 0.445 e. The Kier molecular flexibility index (Phi) is 2.69. The number of ether oxygens (including phenoxy) is 1. The van der Waals surface area contributed by atoms with Crippen LogP contribution in [0.4, 0.5) is 0 Å². The molecule has 88 valence electrons. The summed E-state index contributed by atoms with van der Waals surface area (Å²) in [4.78, 5) is 4.65. The Hall–Kier alpha value is -0.870. The van der Waals surface area contributed by atoms with Crippen LogP contribution in [0.15, 0.2) is 4.42 Å². The molecule has 0 aromatic carbocycles. The van der Waals surface area contributed by atoms with Crippen molar-refractivity contribution < 1.29 is 9.15 Å². The maximum absolute atomic E-state index is 5.77. The summed E-state index contributed by atoms with van der Waals surface area (Å²) in [6.45, 7) is 4.40. The average Bonchev–Trinajstić information content (AvgIpc) is 2.59. The lowest BCUT2D eigenvalue weighted by Crippen LogP contribution is -2.35. The number of aryl methyl sites for hydroxylation is 1. The van der Waals surface area contributed by atoms with Crippen molar-refractivity contribution >= 4 is 0 Å². The van der Waals surface area contributed by atoms with Crippen molar-refractivity contribution in [2.75, 3.05) is 19.8 Å². The van der Waals surface area contributed by atoms with E-state index in [4.69, 9.17) is 9.15 Å². The highest BCUT2D eigenvalue weighted by molar-refractivity contribution is 5.16. The van der Waals surface area contributed by atoms with E-state index in [0.29, 0.717) is 12.5 Å². The van der Waals surface area contributed by atoms with Crippen LogP contribution in [0.25, 0.3) is 0 Å². The van der Waals surface area contributed by atoms with Crippen LogP contribution in [0.2, 0.25) is 0 Å². The molecule has 1 aromatic rings. The van der Waals surface area contributed by atoms with E-state index >= 15 is 0 Å². The lowest BCUT2D eigenvalue weighted by atomic mass is 9.85. The molecular formula is C12H18N2O2. The van der Waals surface area contributed by atoms with Crippen molar-refractivity contribution in [3.63, 3.8) is 0 Å². The maximum atomic E-state index is 5.77. The minimum Gasteiger partial charge on any atom is -0.445 e. The monoisotopic (exact) mass is 222 g/mol. The van der Waals surface area contributed by atoms with Crippen LogP contribution in [0.5, 0.6) is 0 Å². The highest BCUT2D eigenvalue weighted by Crippen LogP contribution is 2.37. The van der Waals surface area contributed by atoms with E-state index in [1.807, 2.05) is 6.92 Å². The Labute approximate surface area is 95.4 Å². The van der Waals surface area contributed by atoms with Gasteiger partial charge in [0.15, 0.2) is 5.89 Å². The molecular weight excluding hydrogens is 204 g/mol. The fourth-order valence-corrected chi connectivity index (χ4v) is 2.32. The molecule has 0 spiro atoms. The first-order valence-corrected chi connectivity index (χ1v) is 6.13. The van der Waals surface area contributed by atoms with Crippen LogP contribution in [-0.4, -0.2) is 24.7 Å². The summed E-state index contributed by atoms with van der Waals surface area (Å²) in [5.41, 5.74) is 1.04. The van der Waals surface area contributed by atoms with Gasteiger partial charge in [0.1, 0.15) is 11.5 Å². The first-order valence-electron chi connectivity index (χ1n) is 6.13. The summed E-state index contributed by atoms with van der Waals surface area (Å²) in [6.07, 6.45) is 3.77. The Balaban J connectivity index is 1.79. The molecule has 1 aliphatic carbocycles. The topological polar surface area (TPSA) is 47.3 Å². The Morgan fingerprint density at radius 1 is 1.38 bits per heavy atom. The zero-order valence-corrected chi connectivity index (χ0v) is 9.66. The second kappa shape index (κ2) is 4.18. The lowest BCUT2D eigenvalue weighted by molar-refractivity contribution is 0.0753. The molecule has 2 aliphatic rings. The first kappa shape index (κ1) is 10.3. The third kappa shape index (κ3) is 1.76. The summed E-state index contributed by atoms with van der Waals surface area (Å²) in [5, 5.41) is 3.42. The predicted molar refractivity (Wildman–Crippen MR) is 59.4 cm³/mol. The molecule has 1 aliphatic heterocycles. The van der Waals surface area contributed by atoms with E-state index < -0.39 is 0 Å². The van der Waals surface area contributed by atoms with Gasteiger partial charge in [-0.25, -0.2) is 4.98 Å². The first-order chi connectivity index (χ1) is 7.84. The van der Waals surface area contributed by atoms with Crippen LogP contribution >= 0.6 is 0 Å². The van der Waals surface area contributed by atoms with Gasteiger partial charge in [0.25, 0.3) is 0 Å². The van der Waals surface area contributed by atoms with E-state index in [9.17, 15) is 0 Å². The van der Waals surface area contributed by atoms with E-state index in [0.717, 1.165) is 30.5 Å². The Bertz CT molecular complexity index is 365. The number of nitrogens with one attached hydrogen (secondary N) is 1. The summed E-state index contributed by atoms with van der Waals surface area (Å²) in [7, 11) is 0. The molecule has 2 fully saturated rings. The Morgan fingerprint density at radius 3 is 2.88 bits per heavy atom. The molecule has 0 bridgehead atoms. The fraction of sp³-hybridized carbons (Fsp3) is 0.750. The molecule has 1 atom stereocenters. The number of hydrogen-bond donors (Lipinski definition) is 1. The summed E-state index contributed by atoms with van der Waals surface area (Å²) < 4.78 is 11.2. The van der Waals surface area contributed by atoms with Crippen molar-refractivity contribution in [1.82, 2.24) is 10.3 Å². The van der Waals surface area contributed by atoms with Gasteiger partial charge in [-0.1, -0.05) is 6.42 Å². The molecule has 3 rings (SSSR count). The van der Waals surface area contributed by atoms with Gasteiger partial charge in [0.2, 0.25) is 0 Å². The Morgan fingerprint density at radius 2 is 2.25 bits per heavy atom. The van der Waals surface area contributed by atoms with Crippen LogP contribution in [0.3, 0.4) is 0 Å². The van der Waals surface area contributed by atoms with Gasteiger partial charge in [-0.3, -0.25) is 0 Å². The standard InChI is InChI=1S/C12H18N2O2/c1-8-11(10-7-15-6-5-13-10)14-12(16-8)9-3-2-4-9/h9-10,13H,2-7H2,1H3. The van der Waals surface area contributed by atoms with Crippen molar-refractivity contribution in [3.05, 3.63) is 17.3 Å². The van der Waals surface area contributed by atoms with Crippen molar-refractivity contribution in [3.8, 4) is 0 Å². The molecule has 0 radical (unpaired) electrons. The highest BCUT2D eigenvalue weighted by Gasteiger charge is 2.28. The minimum atomic E-state index is 0.214. The van der Waals surface area contributed by atoms with Gasteiger partial charge in [-0.15, -0.1) is 0 Å². The second-order valence-corrected chi connectivity index (χ2v) is 4.70. The third-order valence-electron chi connectivity index (χ3n) is 3.56. The number of oxazole rings is 1. The fourth-order valence-electron chi connectivity index (χ4n) is 2.32. The number of hydrogen-bond acceptors (Lipinski definition) is 4. The van der Waals surface area contributed by atoms with Crippen LogP contribution in [-0.2, 0) is 4.74 Å². The highest BCUT2D eigenvalue weighted by atomic mass is 16.5. The van der Waals surface area contributed by atoms with Crippen LogP contribution in [0.1, 0.15) is 48.6 Å². The van der Waals surface area contributed by atoms with Gasteiger partial charge in [0.05, 0.1) is 19.3 Å². The van der Waals surface area contributed by atoms with Gasteiger partial charge in [-0.05, 0) is 19.8 Å². The SMILES string of the molecule is Cc1oc(C2CCC2)nc1C1COCCN1. The molecule has 4 nitrogen and oxygen atoms in total. The maximum Gasteiger partial charge on any atom is 0.197 e. The molecule has 1 saturated carbocycles. The van der Waals surface area contributed by atoms with E-state index in [2.05, 4.69) is 10.3 Å². The van der Waals surface area contributed by atoms with Crippen molar-refractivity contribution in [2.45, 2.75) is 38.1 Å². The molecule has 0 amide bonds. The number of rotatable bonds is 2. The summed E-state index contributed by atoms with van der Waals surface area (Å²) in [5.74, 6) is 2.45. The van der Waals surface area contributed by atoms with Crippen LogP contribution < -0.4 is 5.32 Å². The molecule has 1 N–H and O–H groups in total. The molecule has 1 aromatic heterocycles. The van der Waals surface area contributed by atoms with E-state index in [-0.39, 0.29) is 6.04 Å². The van der Waals surface area contributed by atoms with Crippen LogP contribution in [0, 0.1) is 6.92 Å². The normalized spacial score (nSPS) is 26.7. The zero-order valence-electron chi connectivity index (χ0n) is 9.66. The molecule has 1 unspecified atom stereocenters. The number of morpholine rings is 1. The minimum absolute atomic E-state index is 0.214. The lowest BCUT2D eigenvalue weighted by Gasteiger charge is -2.23. The molecule has 16 heavy (non-hydrogen) atoms. The number of nitrogens with zero attached hydrogens (tertiary/aromatic N) is 1. The number of aromatic nitrogens is 1. The van der Waals surface area contributed by atoms with Gasteiger partial charge < -0.3 is 14.5 Å². The van der Waals surface area contributed by atoms with Gasteiger partial charge >= 0.3 is 0 Å². The van der Waals surface area contributed by atoms with E-state index in [1.165, 1.54) is 19.3 Å².